The summed E-state index contributed by atoms with van der Waals surface area (Å²) in [5.41, 5.74) is 0.554. The maximum Gasteiger partial charge on any atom is 0.343 e. The summed E-state index contributed by atoms with van der Waals surface area (Å²) in [5, 5.41) is 9.13. The Balaban J connectivity index is 2.08. The van der Waals surface area contributed by atoms with Gasteiger partial charge in [-0.3, -0.25) is 4.57 Å². The highest BCUT2D eigenvalue weighted by Crippen LogP contribution is 2.09. The molecular weight excluding hydrogens is 276 g/mol. The van der Waals surface area contributed by atoms with E-state index in [1.54, 1.807) is 20.9 Å². The number of anilines is 1. The molecule has 2 rings (SSSR count). The molecule has 0 spiro atoms. The number of carbonyl (C=O) groups is 1. The first-order chi connectivity index (χ1) is 10.0. The average Bonchev–Trinajstić information content (AvgIpc) is 2.77. The van der Waals surface area contributed by atoms with Crippen molar-refractivity contribution in [3.05, 3.63) is 33.8 Å². The van der Waals surface area contributed by atoms with Crippen molar-refractivity contribution in [2.24, 2.45) is 7.05 Å². The van der Waals surface area contributed by atoms with Crippen LogP contribution in [0.2, 0.25) is 0 Å². The largest absolute Gasteiger partial charge is 0.462 e. The molecule has 0 aromatic carbocycles. The minimum absolute atomic E-state index is 0.285. The molecule has 0 fully saturated rings. The van der Waals surface area contributed by atoms with E-state index < -0.39 is 5.97 Å². The van der Waals surface area contributed by atoms with Gasteiger partial charge in [-0.1, -0.05) is 0 Å². The normalized spacial score (nSPS) is 10.4. The van der Waals surface area contributed by atoms with Crippen molar-refractivity contribution in [2.75, 3.05) is 11.9 Å². The predicted molar refractivity (Wildman–Crippen MR) is 73.9 cm³/mol. The Labute approximate surface area is 120 Å². The van der Waals surface area contributed by atoms with Gasteiger partial charge in [-0.25, -0.2) is 24.7 Å². The molecule has 0 saturated carbocycles. The zero-order valence-electron chi connectivity index (χ0n) is 12.0. The maximum absolute atomic E-state index is 11.6. The van der Waals surface area contributed by atoms with Crippen molar-refractivity contribution in [3.63, 3.8) is 0 Å². The minimum Gasteiger partial charge on any atom is -0.462 e. The van der Waals surface area contributed by atoms with Gasteiger partial charge in [0.2, 0.25) is 5.95 Å². The Morgan fingerprint density at radius 2 is 2.29 bits per heavy atom. The molecule has 2 aromatic rings. The Bertz CT molecular complexity index is 705. The molecule has 0 radical (unpaired) electrons. The quantitative estimate of drug-likeness (QED) is 0.745. The van der Waals surface area contributed by atoms with Crippen LogP contribution in [-0.2, 0) is 18.3 Å². The smallest absolute Gasteiger partial charge is 0.343 e. The van der Waals surface area contributed by atoms with Crippen LogP contribution in [0.4, 0.5) is 5.95 Å². The summed E-state index contributed by atoms with van der Waals surface area (Å²) in [6, 6.07) is 0. The standard InChI is InChI=1S/C12H16N6O3/c1-4-21-10(19)8-5-13-11(15-7(8)2)14-6-9-16-17-12(20)18(9)3/h5H,4,6H2,1-3H3,(H,17,20)(H,13,14,15). The van der Waals surface area contributed by atoms with Crippen molar-refractivity contribution in [2.45, 2.75) is 20.4 Å². The zero-order chi connectivity index (χ0) is 15.4. The third-order valence-electron chi connectivity index (χ3n) is 2.85. The highest BCUT2D eigenvalue weighted by molar-refractivity contribution is 5.90. The number of H-pyrrole nitrogens is 1. The third-order valence-corrected chi connectivity index (χ3v) is 2.85. The number of aromatic nitrogens is 5. The molecule has 2 N–H and O–H groups in total. The molecule has 0 aliphatic rings. The van der Waals surface area contributed by atoms with Gasteiger partial charge in [0.1, 0.15) is 0 Å². The zero-order valence-corrected chi connectivity index (χ0v) is 12.0. The van der Waals surface area contributed by atoms with E-state index in [1.165, 1.54) is 10.8 Å². The second-order valence-electron chi connectivity index (χ2n) is 4.27. The number of aromatic amines is 1. The van der Waals surface area contributed by atoms with E-state index in [1.807, 2.05) is 0 Å². The van der Waals surface area contributed by atoms with Crippen molar-refractivity contribution >= 4 is 11.9 Å². The van der Waals surface area contributed by atoms with E-state index in [4.69, 9.17) is 4.74 Å². The molecular formula is C12H16N6O3. The number of ether oxygens (including phenoxy) is 1. The lowest BCUT2D eigenvalue weighted by atomic mass is 10.2. The number of aryl methyl sites for hydroxylation is 1. The summed E-state index contributed by atoms with van der Waals surface area (Å²) in [4.78, 5) is 31.1. The third kappa shape index (κ3) is 3.25. The van der Waals surface area contributed by atoms with E-state index in [0.29, 0.717) is 29.6 Å². The van der Waals surface area contributed by atoms with Gasteiger partial charge in [-0.2, -0.15) is 5.10 Å². The van der Waals surface area contributed by atoms with E-state index in [-0.39, 0.29) is 12.2 Å². The second kappa shape index (κ2) is 6.16. The van der Waals surface area contributed by atoms with Crippen LogP contribution in [0.25, 0.3) is 0 Å². The van der Waals surface area contributed by atoms with E-state index >= 15 is 0 Å². The summed E-state index contributed by atoms with van der Waals surface area (Å²) in [7, 11) is 1.61. The molecule has 112 valence electrons. The number of nitrogens with one attached hydrogen (secondary N) is 2. The topological polar surface area (TPSA) is 115 Å². The number of hydrogen-bond donors (Lipinski definition) is 2. The molecule has 2 aromatic heterocycles. The van der Waals surface area contributed by atoms with Gasteiger partial charge >= 0.3 is 11.7 Å². The summed E-state index contributed by atoms with van der Waals surface area (Å²) in [6.45, 7) is 4.01. The molecule has 21 heavy (non-hydrogen) atoms. The number of hydrogen-bond acceptors (Lipinski definition) is 7. The molecule has 9 heteroatoms. The van der Waals surface area contributed by atoms with E-state index in [2.05, 4.69) is 25.5 Å². The Morgan fingerprint density at radius 1 is 1.52 bits per heavy atom. The van der Waals surface area contributed by atoms with E-state index in [0.717, 1.165) is 0 Å². The van der Waals surface area contributed by atoms with Crippen LogP contribution < -0.4 is 11.0 Å². The number of carbonyl (C=O) groups excluding carboxylic acids is 1. The van der Waals surface area contributed by atoms with Crippen LogP contribution in [0.5, 0.6) is 0 Å². The molecule has 9 nitrogen and oxygen atoms in total. The molecule has 0 saturated heterocycles. The highest BCUT2D eigenvalue weighted by atomic mass is 16.5. The van der Waals surface area contributed by atoms with Crippen molar-refractivity contribution in [3.8, 4) is 0 Å². The Hall–Kier alpha value is -2.71. The first-order valence-electron chi connectivity index (χ1n) is 6.37. The molecule has 0 bridgehead atoms. The lowest BCUT2D eigenvalue weighted by Gasteiger charge is -2.07. The molecule has 0 unspecified atom stereocenters. The molecule has 0 atom stereocenters. The van der Waals surface area contributed by atoms with Crippen LogP contribution >= 0.6 is 0 Å². The lowest BCUT2D eigenvalue weighted by Crippen LogP contribution is -2.17. The van der Waals surface area contributed by atoms with Gasteiger partial charge in [-0.15, -0.1) is 0 Å². The molecule has 2 heterocycles. The number of nitrogens with zero attached hydrogens (tertiary/aromatic N) is 4. The summed E-state index contributed by atoms with van der Waals surface area (Å²) in [5.74, 6) is 0.419. The van der Waals surface area contributed by atoms with Crippen molar-refractivity contribution in [1.29, 1.82) is 0 Å². The fourth-order valence-electron chi connectivity index (χ4n) is 1.66. The number of rotatable bonds is 5. The van der Waals surface area contributed by atoms with Crippen LogP contribution in [0, 0.1) is 6.92 Å². The van der Waals surface area contributed by atoms with Crippen molar-refractivity contribution in [1.82, 2.24) is 24.7 Å². The Kier molecular flexibility index (Phi) is 4.31. The van der Waals surface area contributed by atoms with Crippen molar-refractivity contribution < 1.29 is 9.53 Å². The molecule has 0 amide bonds. The second-order valence-corrected chi connectivity index (χ2v) is 4.27. The van der Waals surface area contributed by atoms with Gasteiger partial charge < -0.3 is 10.1 Å². The monoisotopic (exact) mass is 292 g/mol. The van der Waals surface area contributed by atoms with Gasteiger partial charge in [0.05, 0.1) is 24.4 Å². The van der Waals surface area contributed by atoms with Crippen LogP contribution in [0.15, 0.2) is 11.0 Å². The molecule has 0 aliphatic carbocycles. The van der Waals surface area contributed by atoms with Gasteiger partial charge in [0, 0.05) is 13.2 Å². The summed E-state index contributed by atoms with van der Waals surface area (Å²) < 4.78 is 6.29. The fraction of sp³-hybridized carbons (Fsp3) is 0.417. The van der Waals surface area contributed by atoms with Crippen LogP contribution in [-0.4, -0.2) is 37.3 Å². The minimum atomic E-state index is -0.448. The highest BCUT2D eigenvalue weighted by Gasteiger charge is 2.13. The molecule has 0 aliphatic heterocycles. The lowest BCUT2D eigenvalue weighted by molar-refractivity contribution is 0.0524. The summed E-state index contributed by atoms with van der Waals surface area (Å²) in [6.07, 6.45) is 1.41. The van der Waals surface area contributed by atoms with Gasteiger partial charge in [0.25, 0.3) is 0 Å². The van der Waals surface area contributed by atoms with Crippen LogP contribution in [0.1, 0.15) is 28.8 Å². The number of esters is 1. The first-order valence-corrected chi connectivity index (χ1v) is 6.37. The maximum atomic E-state index is 11.6. The average molecular weight is 292 g/mol. The first kappa shape index (κ1) is 14.7. The predicted octanol–water partition coefficient (Wildman–Crippen LogP) is -0.00438. The SMILES string of the molecule is CCOC(=O)c1cnc(NCc2n[nH]c(=O)n2C)nc1C. The van der Waals surface area contributed by atoms with Gasteiger partial charge in [0.15, 0.2) is 5.82 Å². The van der Waals surface area contributed by atoms with Gasteiger partial charge in [-0.05, 0) is 13.8 Å². The Morgan fingerprint density at radius 3 is 2.86 bits per heavy atom. The van der Waals surface area contributed by atoms with E-state index in [9.17, 15) is 9.59 Å². The summed E-state index contributed by atoms with van der Waals surface area (Å²) >= 11 is 0. The van der Waals surface area contributed by atoms with Crippen LogP contribution in [0.3, 0.4) is 0 Å². The fourth-order valence-corrected chi connectivity index (χ4v) is 1.66.